The first-order valence-electron chi connectivity index (χ1n) is 9.23. The number of aromatic nitrogens is 4. The fourth-order valence-corrected chi connectivity index (χ4v) is 3.46. The van der Waals surface area contributed by atoms with Gasteiger partial charge >= 0.3 is 6.18 Å². The molecular formula is C18H21F3N6. The summed E-state index contributed by atoms with van der Waals surface area (Å²) >= 11 is 0. The molecular weight excluding hydrogens is 357 g/mol. The van der Waals surface area contributed by atoms with Crippen LogP contribution < -0.4 is 10.2 Å². The lowest BCUT2D eigenvalue weighted by molar-refractivity contribution is -0.141. The van der Waals surface area contributed by atoms with Gasteiger partial charge in [-0.05, 0) is 31.7 Å². The smallest absolute Gasteiger partial charge is 0.367 e. The maximum atomic E-state index is 12.8. The monoisotopic (exact) mass is 378 g/mol. The van der Waals surface area contributed by atoms with Crippen LogP contribution in [0.4, 0.5) is 24.8 Å². The number of halogens is 3. The molecule has 2 aromatic rings. The molecule has 1 saturated heterocycles. The molecule has 6 nitrogen and oxygen atoms in total. The van der Waals surface area contributed by atoms with E-state index in [4.69, 9.17) is 4.98 Å². The zero-order valence-electron chi connectivity index (χ0n) is 14.8. The van der Waals surface area contributed by atoms with Gasteiger partial charge in [0.1, 0.15) is 29.5 Å². The van der Waals surface area contributed by atoms with Crippen LogP contribution >= 0.6 is 0 Å². The van der Waals surface area contributed by atoms with Crippen molar-refractivity contribution in [1.29, 1.82) is 0 Å². The lowest BCUT2D eigenvalue weighted by Gasteiger charge is -2.34. The van der Waals surface area contributed by atoms with Crippen molar-refractivity contribution in [3.05, 3.63) is 36.2 Å². The maximum Gasteiger partial charge on any atom is 0.433 e. The second kappa shape index (κ2) is 7.28. The van der Waals surface area contributed by atoms with E-state index in [1.54, 1.807) is 0 Å². The highest BCUT2D eigenvalue weighted by Crippen LogP contribution is 2.35. The highest BCUT2D eigenvalue weighted by molar-refractivity contribution is 5.41. The van der Waals surface area contributed by atoms with E-state index in [0.29, 0.717) is 5.92 Å². The van der Waals surface area contributed by atoms with Gasteiger partial charge in [0.05, 0.1) is 0 Å². The molecule has 3 heterocycles. The van der Waals surface area contributed by atoms with E-state index in [1.807, 2.05) is 12.3 Å². The fraction of sp³-hybridized carbons (Fsp3) is 0.556. The van der Waals surface area contributed by atoms with Crippen molar-refractivity contribution < 1.29 is 13.2 Å². The molecule has 4 rings (SSSR count). The van der Waals surface area contributed by atoms with Gasteiger partial charge in [0.15, 0.2) is 0 Å². The van der Waals surface area contributed by atoms with Crippen LogP contribution in [0.2, 0.25) is 0 Å². The predicted octanol–water partition coefficient (Wildman–Crippen LogP) is 3.63. The van der Waals surface area contributed by atoms with Crippen LogP contribution in [-0.4, -0.2) is 39.1 Å². The third-order valence-corrected chi connectivity index (χ3v) is 5.26. The van der Waals surface area contributed by atoms with Crippen molar-refractivity contribution in [2.45, 2.75) is 50.2 Å². The molecule has 27 heavy (non-hydrogen) atoms. The van der Waals surface area contributed by atoms with Gasteiger partial charge in [-0.3, -0.25) is 0 Å². The number of alkyl halides is 3. The summed E-state index contributed by atoms with van der Waals surface area (Å²) in [6.45, 7) is 1.58. The van der Waals surface area contributed by atoms with E-state index < -0.39 is 11.9 Å². The van der Waals surface area contributed by atoms with Gasteiger partial charge < -0.3 is 10.2 Å². The first-order chi connectivity index (χ1) is 13.0. The third kappa shape index (κ3) is 4.12. The molecule has 0 unspecified atom stereocenters. The Bertz CT molecular complexity index is 785. The van der Waals surface area contributed by atoms with Gasteiger partial charge in [-0.15, -0.1) is 0 Å². The first kappa shape index (κ1) is 17.9. The molecule has 1 aliphatic carbocycles. The average Bonchev–Trinajstić information content (AvgIpc) is 2.61. The number of piperidine rings is 1. The van der Waals surface area contributed by atoms with E-state index in [0.717, 1.165) is 62.8 Å². The van der Waals surface area contributed by atoms with E-state index in [1.165, 1.54) is 6.42 Å². The normalized spacial score (nSPS) is 19.0. The van der Waals surface area contributed by atoms with Crippen molar-refractivity contribution in [3.63, 3.8) is 0 Å². The standard InChI is InChI=1S/C18H21F3N6/c19-18(20,21)14-10-15(24-11-23-14)25-13-5-8-27(9-6-13)16-4-7-22-17(26-16)12-2-1-3-12/h4,7,10-13H,1-3,5-6,8-9H2,(H,23,24,25). The number of hydrogen-bond donors (Lipinski definition) is 1. The van der Waals surface area contributed by atoms with E-state index in [9.17, 15) is 13.2 Å². The van der Waals surface area contributed by atoms with Crippen LogP contribution in [0.5, 0.6) is 0 Å². The van der Waals surface area contributed by atoms with Crippen molar-refractivity contribution in [3.8, 4) is 0 Å². The molecule has 2 aliphatic rings. The molecule has 1 N–H and O–H groups in total. The summed E-state index contributed by atoms with van der Waals surface area (Å²) in [6, 6.07) is 2.96. The number of hydrogen-bond acceptors (Lipinski definition) is 6. The van der Waals surface area contributed by atoms with Gasteiger partial charge in [-0.2, -0.15) is 13.2 Å². The van der Waals surface area contributed by atoms with E-state index in [2.05, 4.69) is 25.2 Å². The van der Waals surface area contributed by atoms with Gasteiger partial charge in [0, 0.05) is 37.3 Å². The van der Waals surface area contributed by atoms with E-state index in [-0.39, 0.29) is 11.9 Å². The third-order valence-electron chi connectivity index (χ3n) is 5.26. The van der Waals surface area contributed by atoms with Gasteiger partial charge in [-0.1, -0.05) is 6.42 Å². The molecule has 0 atom stereocenters. The minimum Gasteiger partial charge on any atom is -0.367 e. The van der Waals surface area contributed by atoms with Crippen LogP contribution in [0.25, 0.3) is 0 Å². The molecule has 9 heteroatoms. The van der Waals surface area contributed by atoms with Crippen molar-refractivity contribution >= 4 is 11.6 Å². The van der Waals surface area contributed by atoms with E-state index >= 15 is 0 Å². The minimum atomic E-state index is -4.46. The van der Waals surface area contributed by atoms with Crippen LogP contribution in [0.1, 0.15) is 49.5 Å². The van der Waals surface area contributed by atoms with Gasteiger partial charge in [-0.25, -0.2) is 19.9 Å². The zero-order chi connectivity index (χ0) is 18.9. The molecule has 2 fully saturated rings. The first-order valence-corrected chi connectivity index (χ1v) is 9.23. The average molecular weight is 378 g/mol. The topological polar surface area (TPSA) is 66.8 Å². The van der Waals surface area contributed by atoms with Crippen LogP contribution in [0.15, 0.2) is 24.7 Å². The highest BCUT2D eigenvalue weighted by Gasteiger charge is 2.33. The summed E-state index contributed by atoms with van der Waals surface area (Å²) in [4.78, 5) is 18.5. The van der Waals surface area contributed by atoms with Crippen LogP contribution in [0, 0.1) is 0 Å². The summed E-state index contributed by atoms with van der Waals surface area (Å²) in [7, 11) is 0. The summed E-state index contributed by atoms with van der Waals surface area (Å²) in [5.41, 5.74) is -0.929. The Morgan fingerprint density at radius 2 is 1.81 bits per heavy atom. The summed E-state index contributed by atoms with van der Waals surface area (Å²) in [6.07, 6.45) is 3.47. The molecule has 0 amide bonds. The Kier molecular flexibility index (Phi) is 4.84. The van der Waals surface area contributed by atoms with Gasteiger partial charge in [0.2, 0.25) is 0 Å². The Labute approximate surface area is 155 Å². The second-order valence-corrected chi connectivity index (χ2v) is 7.09. The van der Waals surface area contributed by atoms with Crippen LogP contribution in [-0.2, 0) is 6.18 Å². The van der Waals surface area contributed by atoms with Crippen molar-refractivity contribution in [1.82, 2.24) is 19.9 Å². The Morgan fingerprint density at radius 3 is 2.48 bits per heavy atom. The molecule has 1 saturated carbocycles. The number of anilines is 2. The molecule has 1 aliphatic heterocycles. The Hall–Kier alpha value is -2.45. The highest BCUT2D eigenvalue weighted by atomic mass is 19.4. The SMILES string of the molecule is FC(F)(F)c1cc(NC2CCN(c3ccnc(C4CCC4)n3)CC2)ncn1. The summed E-state index contributed by atoms with van der Waals surface area (Å²) < 4.78 is 38.3. The number of rotatable bonds is 4. The second-order valence-electron chi connectivity index (χ2n) is 7.09. The molecule has 2 aromatic heterocycles. The quantitative estimate of drug-likeness (QED) is 0.876. The maximum absolute atomic E-state index is 12.8. The molecule has 144 valence electrons. The number of nitrogens with zero attached hydrogens (tertiary/aromatic N) is 5. The molecule has 0 bridgehead atoms. The van der Waals surface area contributed by atoms with Gasteiger partial charge in [0.25, 0.3) is 0 Å². The summed E-state index contributed by atoms with van der Waals surface area (Å²) in [5, 5.41) is 3.10. The zero-order valence-corrected chi connectivity index (χ0v) is 14.8. The number of nitrogens with one attached hydrogen (secondary N) is 1. The lowest BCUT2D eigenvalue weighted by atomic mass is 9.85. The van der Waals surface area contributed by atoms with Crippen molar-refractivity contribution in [2.24, 2.45) is 0 Å². The van der Waals surface area contributed by atoms with Crippen molar-refractivity contribution in [2.75, 3.05) is 23.3 Å². The summed E-state index contributed by atoms with van der Waals surface area (Å²) in [5.74, 6) is 2.57. The minimum absolute atomic E-state index is 0.0742. The fourth-order valence-electron chi connectivity index (χ4n) is 3.46. The predicted molar refractivity (Wildman–Crippen MR) is 94.5 cm³/mol. The lowest BCUT2D eigenvalue weighted by Crippen LogP contribution is -2.39. The molecule has 0 radical (unpaired) electrons. The molecule has 0 spiro atoms. The van der Waals surface area contributed by atoms with Crippen LogP contribution in [0.3, 0.4) is 0 Å². The Balaban J connectivity index is 1.35. The largest absolute Gasteiger partial charge is 0.433 e. The Morgan fingerprint density at radius 1 is 1.04 bits per heavy atom. The molecule has 0 aromatic carbocycles.